The third-order valence-corrected chi connectivity index (χ3v) is 3.72. The van der Waals surface area contributed by atoms with Gasteiger partial charge in [0, 0.05) is 12.6 Å². The molecule has 0 aliphatic carbocycles. The summed E-state index contributed by atoms with van der Waals surface area (Å²) in [5.41, 5.74) is 1.43. The summed E-state index contributed by atoms with van der Waals surface area (Å²) in [6, 6.07) is 14.2. The minimum Gasteiger partial charge on any atom is -0.494 e. The van der Waals surface area contributed by atoms with Crippen LogP contribution in [0.15, 0.2) is 48.5 Å². The SMILES string of the molecule is OCc1nc2cc(F)ccc2n1CCCCOc1ccccc1. The molecule has 0 saturated heterocycles. The number of ether oxygens (including phenoxy) is 1. The molecule has 1 N–H and O–H groups in total. The van der Waals surface area contributed by atoms with Crippen LogP contribution in [-0.4, -0.2) is 21.3 Å². The summed E-state index contributed by atoms with van der Waals surface area (Å²) < 4.78 is 20.9. The lowest BCUT2D eigenvalue weighted by molar-refractivity contribution is 0.263. The number of unbranched alkanes of at least 4 members (excludes halogenated alkanes) is 1. The molecular weight excluding hydrogens is 295 g/mol. The van der Waals surface area contributed by atoms with E-state index in [-0.39, 0.29) is 12.4 Å². The molecule has 0 radical (unpaired) electrons. The van der Waals surface area contributed by atoms with E-state index in [4.69, 9.17) is 4.74 Å². The van der Waals surface area contributed by atoms with Gasteiger partial charge in [-0.25, -0.2) is 9.37 Å². The number of hydrogen-bond donors (Lipinski definition) is 1. The molecular formula is C18H19FN2O2. The van der Waals surface area contributed by atoms with E-state index in [1.807, 2.05) is 34.9 Å². The second-order valence-electron chi connectivity index (χ2n) is 5.34. The Bertz CT molecular complexity index is 771. The molecule has 4 nitrogen and oxygen atoms in total. The van der Waals surface area contributed by atoms with Crippen LogP contribution in [0.1, 0.15) is 18.7 Å². The Kier molecular flexibility index (Phi) is 4.88. The van der Waals surface area contributed by atoms with Crippen molar-refractivity contribution in [1.29, 1.82) is 0 Å². The molecule has 0 aliphatic rings. The number of nitrogens with zero attached hydrogens (tertiary/aromatic N) is 2. The van der Waals surface area contributed by atoms with E-state index < -0.39 is 0 Å². The van der Waals surface area contributed by atoms with Gasteiger partial charge in [0.25, 0.3) is 0 Å². The lowest BCUT2D eigenvalue weighted by Crippen LogP contribution is -2.06. The van der Waals surface area contributed by atoms with Gasteiger partial charge in [-0.3, -0.25) is 0 Å². The maximum Gasteiger partial charge on any atom is 0.135 e. The van der Waals surface area contributed by atoms with Gasteiger partial charge in [0.05, 0.1) is 17.6 Å². The smallest absolute Gasteiger partial charge is 0.135 e. The van der Waals surface area contributed by atoms with Crippen molar-refractivity contribution in [2.75, 3.05) is 6.61 Å². The summed E-state index contributed by atoms with van der Waals surface area (Å²) >= 11 is 0. The topological polar surface area (TPSA) is 47.3 Å². The highest BCUT2D eigenvalue weighted by Crippen LogP contribution is 2.18. The van der Waals surface area contributed by atoms with E-state index in [0.717, 1.165) is 30.7 Å². The number of aliphatic hydroxyl groups excluding tert-OH is 1. The molecule has 23 heavy (non-hydrogen) atoms. The second-order valence-corrected chi connectivity index (χ2v) is 5.34. The fourth-order valence-corrected chi connectivity index (χ4v) is 2.60. The Hall–Kier alpha value is -2.40. The Morgan fingerprint density at radius 2 is 1.91 bits per heavy atom. The number of aromatic nitrogens is 2. The Labute approximate surface area is 134 Å². The molecule has 3 aromatic rings. The zero-order chi connectivity index (χ0) is 16.1. The fourth-order valence-electron chi connectivity index (χ4n) is 2.60. The van der Waals surface area contributed by atoms with E-state index in [2.05, 4.69) is 4.98 Å². The quantitative estimate of drug-likeness (QED) is 0.679. The standard InChI is InChI=1S/C18H19FN2O2/c19-14-8-9-17-16(12-14)20-18(13-22)21(17)10-4-5-11-23-15-6-2-1-3-7-15/h1-3,6-9,12,22H,4-5,10-11,13H2. The van der Waals surface area contributed by atoms with Crippen LogP contribution in [0.2, 0.25) is 0 Å². The monoisotopic (exact) mass is 314 g/mol. The van der Waals surface area contributed by atoms with Crippen molar-refractivity contribution in [2.45, 2.75) is 26.0 Å². The molecule has 120 valence electrons. The lowest BCUT2D eigenvalue weighted by Gasteiger charge is -2.09. The number of imidazole rings is 1. The molecule has 2 aromatic carbocycles. The summed E-state index contributed by atoms with van der Waals surface area (Å²) in [5, 5.41) is 9.44. The van der Waals surface area contributed by atoms with Crippen molar-refractivity contribution >= 4 is 11.0 Å². The molecule has 0 aliphatic heterocycles. The molecule has 5 heteroatoms. The van der Waals surface area contributed by atoms with Gasteiger partial charge in [0.2, 0.25) is 0 Å². The lowest BCUT2D eigenvalue weighted by atomic mass is 10.3. The number of fused-ring (bicyclic) bond motifs is 1. The molecule has 1 aromatic heterocycles. The molecule has 0 unspecified atom stereocenters. The Morgan fingerprint density at radius 1 is 1.09 bits per heavy atom. The van der Waals surface area contributed by atoms with Gasteiger partial charge in [-0.05, 0) is 37.1 Å². The minimum absolute atomic E-state index is 0.156. The average molecular weight is 314 g/mol. The molecule has 1 heterocycles. The Morgan fingerprint density at radius 3 is 2.70 bits per heavy atom. The van der Waals surface area contributed by atoms with E-state index in [0.29, 0.717) is 17.9 Å². The molecule has 0 spiro atoms. The zero-order valence-corrected chi connectivity index (χ0v) is 12.8. The highest BCUT2D eigenvalue weighted by Gasteiger charge is 2.10. The predicted octanol–water partition coefficient (Wildman–Crippen LogP) is 3.53. The average Bonchev–Trinajstić information content (AvgIpc) is 2.92. The van der Waals surface area contributed by atoms with Gasteiger partial charge in [-0.15, -0.1) is 0 Å². The number of aryl methyl sites for hydroxylation is 1. The maximum absolute atomic E-state index is 13.3. The molecule has 0 amide bonds. The van der Waals surface area contributed by atoms with Crippen LogP contribution in [0.4, 0.5) is 4.39 Å². The van der Waals surface area contributed by atoms with Crippen LogP contribution in [-0.2, 0) is 13.2 Å². The van der Waals surface area contributed by atoms with Crippen LogP contribution < -0.4 is 4.74 Å². The first-order valence-corrected chi connectivity index (χ1v) is 7.71. The van der Waals surface area contributed by atoms with Crippen molar-refractivity contribution in [1.82, 2.24) is 9.55 Å². The van der Waals surface area contributed by atoms with E-state index in [1.54, 1.807) is 6.07 Å². The van der Waals surface area contributed by atoms with Crippen molar-refractivity contribution in [3.63, 3.8) is 0 Å². The summed E-state index contributed by atoms with van der Waals surface area (Å²) in [6.45, 7) is 1.20. The van der Waals surface area contributed by atoms with Crippen molar-refractivity contribution in [3.05, 3.63) is 60.2 Å². The minimum atomic E-state index is -0.317. The highest BCUT2D eigenvalue weighted by atomic mass is 19.1. The van der Waals surface area contributed by atoms with Gasteiger partial charge < -0.3 is 14.4 Å². The van der Waals surface area contributed by atoms with Gasteiger partial charge in [-0.1, -0.05) is 18.2 Å². The van der Waals surface area contributed by atoms with Crippen molar-refractivity contribution < 1.29 is 14.2 Å². The molecule has 0 saturated carbocycles. The van der Waals surface area contributed by atoms with Gasteiger partial charge in [0.15, 0.2) is 0 Å². The predicted molar refractivity (Wildman–Crippen MR) is 86.8 cm³/mol. The van der Waals surface area contributed by atoms with Gasteiger partial charge in [0.1, 0.15) is 24.0 Å². The van der Waals surface area contributed by atoms with Crippen LogP contribution in [0.5, 0.6) is 5.75 Å². The van der Waals surface area contributed by atoms with Crippen LogP contribution >= 0.6 is 0 Å². The summed E-state index contributed by atoms with van der Waals surface area (Å²) in [5.74, 6) is 1.12. The van der Waals surface area contributed by atoms with Gasteiger partial charge in [-0.2, -0.15) is 0 Å². The normalized spacial score (nSPS) is 11.0. The molecule has 0 bridgehead atoms. The van der Waals surface area contributed by atoms with Crippen molar-refractivity contribution in [3.8, 4) is 5.75 Å². The maximum atomic E-state index is 13.3. The van der Waals surface area contributed by atoms with Crippen LogP contribution in [0.3, 0.4) is 0 Å². The van der Waals surface area contributed by atoms with E-state index >= 15 is 0 Å². The first kappa shape index (κ1) is 15.5. The number of hydrogen-bond acceptors (Lipinski definition) is 3. The molecule has 0 atom stereocenters. The first-order valence-electron chi connectivity index (χ1n) is 7.71. The number of para-hydroxylation sites is 1. The zero-order valence-electron chi connectivity index (χ0n) is 12.8. The fraction of sp³-hybridized carbons (Fsp3) is 0.278. The van der Waals surface area contributed by atoms with Crippen molar-refractivity contribution in [2.24, 2.45) is 0 Å². The van der Waals surface area contributed by atoms with Gasteiger partial charge >= 0.3 is 0 Å². The number of aliphatic hydroxyl groups is 1. The third-order valence-electron chi connectivity index (χ3n) is 3.72. The molecule has 0 fully saturated rings. The van der Waals surface area contributed by atoms with E-state index in [9.17, 15) is 9.50 Å². The number of halogens is 1. The largest absolute Gasteiger partial charge is 0.494 e. The molecule has 3 rings (SSSR count). The third kappa shape index (κ3) is 3.68. The summed E-state index contributed by atoms with van der Waals surface area (Å²) in [6.07, 6.45) is 1.78. The second kappa shape index (κ2) is 7.24. The highest BCUT2D eigenvalue weighted by molar-refractivity contribution is 5.76. The first-order chi connectivity index (χ1) is 11.3. The Balaban J connectivity index is 1.58. The summed E-state index contributed by atoms with van der Waals surface area (Å²) in [7, 11) is 0. The van der Waals surface area contributed by atoms with Crippen LogP contribution in [0, 0.1) is 5.82 Å². The summed E-state index contributed by atoms with van der Waals surface area (Å²) in [4.78, 5) is 4.28. The number of rotatable bonds is 7. The van der Waals surface area contributed by atoms with E-state index in [1.165, 1.54) is 12.1 Å². The number of benzene rings is 2. The van der Waals surface area contributed by atoms with Crippen LogP contribution in [0.25, 0.3) is 11.0 Å².